The molecule has 1 heterocycles. The number of hydrogen-bond acceptors (Lipinski definition) is 6. The molecular formula is C10H5NO6S-2. The number of aromatic nitrogens is 1. The number of carbonyl (C=O) groups is 1. The smallest absolute Gasteiger partial charge is 0.249 e. The van der Waals surface area contributed by atoms with Crippen LogP contribution in [0.2, 0.25) is 0 Å². The first-order valence-corrected chi connectivity index (χ1v) is 6.04. The van der Waals surface area contributed by atoms with Gasteiger partial charge in [-0.25, -0.2) is 8.42 Å². The minimum Gasteiger partial charge on any atom is -0.744 e. The lowest BCUT2D eigenvalue weighted by atomic mass is 10.1. The van der Waals surface area contributed by atoms with Gasteiger partial charge in [0.15, 0.2) is 0 Å². The molecule has 1 aromatic heterocycles. The van der Waals surface area contributed by atoms with Crippen molar-refractivity contribution in [1.82, 2.24) is 4.98 Å². The molecule has 2 rings (SSSR count). The average Bonchev–Trinajstić information content (AvgIpc) is 2.25. The van der Waals surface area contributed by atoms with E-state index in [-0.39, 0.29) is 10.9 Å². The average molecular weight is 267 g/mol. The monoisotopic (exact) mass is 267 g/mol. The number of fused-ring (bicyclic) bond motifs is 1. The number of hydrogen-bond donors (Lipinski definition) is 1. The van der Waals surface area contributed by atoms with E-state index in [0.717, 1.165) is 24.3 Å². The third-order valence-corrected chi connectivity index (χ3v) is 3.15. The third kappa shape index (κ3) is 2.11. The molecule has 7 nitrogen and oxygen atoms in total. The van der Waals surface area contributed by atoms with Gasteiger partial charge >= 0.3 is 0 Å². The van der Waals surface area contributed by atoms with Crippen molar-refractivity contribution in [3.05, 3.63) is 40.2 Å². The van der Waals surface area contributed by atoms with Crippen LogP contribution >= 0.6 is 0 Å². The van der Waals surface area contributed by atoms with Crippen LogP contribution in [0, 0.1) is 0 Å². The normalized spacial score (nSPS) is 11.6. The molecule has 0 bridgehead atoms. The molecular weight excluding hydrogens is 262 g/mol. The number of H-pyrrole nitrogens is 1. The van der Waals surface area contributed by atoms with Crippen molar-refractivity contribution in [1.29, 1.82) is 0 Å². The Bertz CT molecular complexity index is 805. The van der Waals surface area contributed by atoms with Crippen LogP contribution in [0.25, 0.3) is 10.9 Å². The zero-order valence-electron chi connectivity index (χ0n) is 8.67. The van der Waals surface area contributed by atoms with Gasteiger partial charge in [0.1, 0.15) is 10.1 Å². The van der Waals surface area contributed by atoms with Crippen molar-refractivity contribution in [2.75, 3.05) is 0 Å². The summed E-state index contributed by atoms with van der Waals surface area (Å²) in [5, 5.41) is 10.8. The molecule has 0 aliphatic carbocycles. The Kier molecular flexibility index (Phi) is 2.68. The first-order chi connectivity index (χ1) is 8.29. The van der Waals surface area contributed by atoms with Gasteiger partial charge in [-0.15, -0.1) is 0 Å². The molecule has 0 unspecified atom stereocenters. The summed E-state index contributed by atoms with van der Waals surface area (Å²) >= 11 is 0. The number of nitrogens with one attached hydrogen (secondary N) is 1. The van der Waals surface area contributed by atoms with Crippen molar-refractivity contribution in [2.24, 2.45) is 0 Å². The van der Waals surface area contributed by atoms with Crippen LogP contribution in [0.1, 0.15) is 10.4 Å². The number of benzene rings is 1. The summed E-state index contributed by atoms with van der Waals surface area (Å²) in [6.07, 6.45) is 0. The minimum atomic E-state index is -4.70. The largest absolute Gasteiger partial charge is 0.744 e. The number of rotatable bonds is 2. The molecule has 2 aromatic rings. The highest BCUT2D eigenvalue weighted by atomic mass is 32.2. The number of carbonyl (C=O) groups excluding carboxylic acids is 1. The summed E-state index contributed by atoms with van der Waals surface area (Å²) in [5.41, 5.74) is -1.03. The molecule has 94 valence electrons. The van der Waals surface area contributed by atoms with Gasteiger partial charge in [0.2, 0.25) is 5.56 Å². The highest BCUT2D eigenvalue weighted by molar-refractivity contribution is 7.85. The fraction of sp³-hybridized carbons (Fsp3) is 0. The molecule has 0 atom stereocenters. The second kappa shape index (κ2) is 3.93. The fourth-order valence-corrected chi connectivity index (χ4v) is 2.05. The Balaban J connectivity index is 2.92. The van der Waals surface area contributed by atoms with Crippen LogP contribution in [-0.4, -0.2) is 23.9 Å². The lowest BCUT2D eigenvalue weighted by Gasteiger charge is -2.11. The summed E-state index contributed by atoms with van der Waals surface area (Å²) < 4.78 is 32.5. The van der Waals surface area contributed by atoms with Crippen LogP contribution in [0.4, 0.5) is 0 Å². The number of aromatic amines is 1. The van der Waals surface area contributed by atoms with E-state index < -0.39 is 32.1 Å². The van der Waals surface area contributed by atoms with Crippen molar-refractivity contribution in [3.63, 3.8) is 0 Å². The molecule has 0 aliphatic rings. The maximum absolute atomic E-state index is 11.2. The molecule has 1 aromatic carbocycles. The standard InChI is InChI=1S/C10H7NO6S/c12-9-4-7(10(13)14)6-3-5(18(15,16)17)1-2-8(6)11-9/h1-4H,(H,11,12)(H,13,14)(H,15,16,17)/p-2. The highest BCUT2D eigenvalue weighted by Crippen LogP contribution is 2.19. The molecule has 0 aliphatic heterocycles. The maximum Gasteiger partial charge on any atom is 0.249 e. The first-order valence-electron chi connectivity index (χ1n) is 4.63. The molecule has 18 heavy (non-hydrogen) atoms. The van der Waals surface area contributed by atoms with Crippen molar-refractivity contribution in [3.8, 4) is 0 Å². The third-order valence-electron chi connectivity index (χ3n) is 2.32. The number of pyridine rings is 1. The fourth-order valence-electron chi connectivity index (χ4n) is 1.56. The lowest BCUT2D eigenvalue weighted by Crippen LogP contribution is -2.24. The van der Waals surface area contributed by atoms with Gasteiger partial charge in [-0.3, -0.25) is 4.79 Å². The Labute approximate surface area is 100 Å². The van der Waals surface area contributed by atoms with Crippen molar-refractivity contribution in [2.45, 2.75) is 4.90 Å². The van der Waals surface area contributed by atoms with Crippen LogP contribution in [0.3, 0.4) is 0 Å². The zero-order chi connectivity index (χ0) is 13.5. The first kappa shape index (κ1) is 12.3. The molecule has 0 amide bonds. The van der Waals surface area contributed by atoms with Gasteiger partial charge in [0, 0.05) is 22.5 Å². The number of aromatic carboxylic acids is 1. The predicted octanol–water partition coefficient (Wildman–Crippen LogP) is -1.20. The number of carboxylic acid groups (broad SMARTS) is 1. The van der Waals surface area contributed by atoms with Gasteiger partial charge in [-0.05, 0) is 18.2 Å². The second-order valence-electron chi connectivity index (χ2n) is 3.50. The lowest BCUT2D eigenvalue weighted by molar-refractivity contribution is -0.254. The Morgan fingerprint density at radius 3 is 2.44 bits per heavy atom. The van der Waals surface area contributed by atoms with E-state index >= 15 is 0 Å². The van der Waals surface area contributed by atoms with E-state index in [2.05, 4.69) is 4.98 Å². The van der Waals surface area contributed by atoms with Gasteiger partial charge in [-0.1, -0.05) is 0 Å². The van der Waals surface area contributed by atoms with Gasteiger partial charge in [0.05, 0.1) is 10.9 Å². The van der Waals surface area contributed by atoms with Crippen LogP contribution in [-0.2, 0) is 10.1 Å². The van der Waals surface area contributed by atoms with Gasteiger partial charge in [0.25, 0.3) is 0 Å². The van der Waals surface area contributed by atoms with Crippen molar-refractivity contribution < 1.29 is 22.9 Å². The number of carboxylic acids is 1. The Morgan fingerprint density at radius 2 is 1.89 bits per heavy atom. The van der Waals surface area contributed by atoms with E-state index in [1.807, 2.05) is 0 Å². The zero-order valence-corrected chi connectivity index (χ0v) is 9.48. The molecule has 0 saturated heterocycles. The van der Waals surface area contributed by atoms with Gasteiger partial charge < -0.3 is 19.4 Å². The maximum atomic E-state index is 11.2. The van der Waals surface area contributed by atoms with Crippen LogP contribution in [0.15, 0.2) is 34.0 Å². The summed E-state index contributed by atoms with van der Waals surface area (Å²) in [5.74, 6) is -1.63. The molecule has 0 saturated carbocycles. The van der Waals surface area contributed by atoms with E-state index in [1.54, 1.807) is 0 Å². The summed E-state index contributed by atoms with van der Waals surface area (Å²) in [4.78, 5) is 23.7. The van der Waals surface area contributed by atoms with Crippen LogP contribution < -0.4 is 10.7 Å². The summed E-state index contributed by atoms with van der Waals surface area (Å²) in [7, 11) is -4.70. The Morgan fingerprint density at radius 1 is 1.22 bits per heavy atom. The van der Waals surface area contributed by atoms with Crippen LogP contribution in [0.5, 0.6) is 0 Å². The quantitative estimate of drug-likeness (QED) is 0.680. The molecule has 0 radical (unpaired) electrons. The van der Waals surface area contributed by atoms with Crippen molar-refractivity contribution >= 4 is 27.0 Å². The van der Waals surface area contributed by atoms with E-state index in [4.69, 9.17) is 0 Å². The highest BCUT2D eigenvalue weighted by Gasteiger charge is 2.08. The summed E-state index contributed by atoms with van der Waals surface area (Å²) in [6, 6.07) is 3.78. The van der Waals surface area contributed by atoms with E-state index in [9.17, 15) is 27.7 Å². The molecule has 0 fully saturated rings. The van der Waals surface area contributed by atoms with E-state index in [1.165, 1.54) is 0 Å². The topological polar surface area (TPSA) is 130 Å². The Hall–Kier alpha value is -2.19. The molecule has 0 spiro atoms. The SMILES string of the molecule is O=C([O-])c1cc(=O)[nH]c2ccc(S(=O)(=O)[O-])cc12. The second-order valence-corrected chi connectivity index (χ2v) is 4.88. The van der Waals surface area contributed by atoms with E-state index in [0.29, 0.717) is 0 Å². The minimum absolute atomic E-state index is 0.0773. The van der Waals surface area contributed by atoms with Gasteiger partial charge in [-0.2, -0.15) is 0 Å². The predicted molar refractivity (Wildman–Crippen MR) is 56.9 cm³/mol. The summed E-state index contributed by atoms with van der Waals surface area (Å²) in [6.45, 7) is 0. The molecule has 1 N–H and O–H groups in total. The molecule has 8 heteroatoms.